The maximum Gasteiger partial charge on any atom is 0.120 e. The van der Waals surface area contributed by atoms with Gasteiger partial charge in [0.05, 0.1) is 6.10 Å². The van der Waals surface area contributed by atoms with Crippen molar-refractivity contribution in [2.45, 2.75) is 52.3 Å². The van der Waals surface area contributed by atoms with Crippen LogP contribution in [0.2, 0.25) is 0 Å². The van der Waals surface area contributed by atoms with Gasteiger partial charge >= 0.3 is 0 Å². The number of methoxy groups -OCH3 is 1. The summed E-state index contributed by atoms with van der Waals surface area (Å²) in [4.78, 5) is 0. The van der Waals surface area contributed by atoms with Gasteiger partial charge in [0.2, 0.25) is 0 Å². The van der Waals surface area contributed by atoms with Gasteiger partial charge in [0.25, 0.3) is 0 Å². The topological polar surface area (TPSA) is 41.5 Å². The van der Waals surface area contributed by atoms with Crippen LogP contribution in [0.15, 0.2) is 18.2 Å². The van der Waals surface area contributed by atoms with Gasteiger partial charge in [-0.15, -0.1) is 0 Å². The van der Waals surface area contributed by atoms with Crippen LogP contribution in [-0.4, -0.2) is 24.4 Å². The average Bonchev–Trinajstić information content (AvgIpc) is 2.33. The van der Waals surface area contributed by atoms with E-state index in [1.54, 1.807) is 7.11 Å². The van der Waals surface area contributed by atoms with Crippen LogP contribution in [0.4, 0.5) is 0 Å². The lowest BCUT2D eigenvalue weighted by Crippen LogP contribution is -2.60. The number of benzene rings is 1. The molecule has 0 heterocycles. The van der Waals surface area contributed by atoms with Crippen LogP contribution in [-0.2, 0) is 4.74 Å². The molecule has 0 saturated heterocycles. The van der Waals surface area contributed by atoms with Crippen molar-refractivity contribution in [1.82, 2.24) is 5.32 Å². The maximum atomic E-state index is 10.0. The Morgan fingerprint density at radius 2 is 2.11 bits per heavy atom. The molecule has 1 aromatic carbocycles. The summed E-state index contributed by atoms with van der Waals surface area (Å²) < 4.78 is 5.47. The molecule has 1 aliphatic rings. The van der Waals surface area contributed by atoms with E-state index in [9.17, 15) is 5.11 Å². The predicted molar refractivity (Wildman–Crippen MR) is 77.4 cm³/mol. The summed E-state index contributed by atoms with van der Waals surface area (Å²) >= 11 is 0. The molecule has 3 nitrogen and oxygen atoms in total. The first-order valence-corrected chi connectivity index (χ1v) is 6.94. The molecule has 1 saturated carbocycles. The lowest BCUT2D eigenvalue weighted by molar-refractivity contribution is -0.0999. The Morgan fingerprint density at radius 3 is 2.63 bits per heavy atom. The van der Waals surface area contributed by atoms with Gasteiger partial charge < -0.3 is 15.2 Å². The summed E-state index contributed by atoms with van der Waals surface area (Å²) in [5, 5.41) is 13.6. The normalized spacial score (nSPS) is 26.8. The van der Waals surface area contributed by atoms with Gasteiger partial charge in [-0.1, -0.05) is 26.0 Å². The fourth-order valence-electron chi connectivity index (χ4n) is 2.98. The van der Waals surface area contributed by atoms with Crippen molar-refractivity contribution in [3.8, 4) is 5.75 Å². The zero-order valence-electron chi connectivity index (χ0n) is 12.5. The maximum absolute atomic E-state index is 10.0. The minimum Gasteiger partial charge on any atom is -0.508 e. The molecule has 0 aromatic heterocycles. The zero-order valence-corrected chi connectivity index (χ0v) is 12.5. The molecule has 1 aromatic rings. The van der Waals surface area contributed by atoms with Crippen molar-refractivity contribution in [2.24, 2.45) is 5.41 Å². The van der Waals surface area contributed by atoms with E-state index in [2.05, 4.69) is 26.1 Å². The van der Waals surface area contributed by atoms with Crippen molar-refractivity contribution in [2.75, 3.05) is 7.11 Å². The fraction of sp³-hybridized carbons (Fsp3) is 0.625. The molecule has 2 N–H and O–H groups in total. The van der Waals surface area contributed by atoms with Crippen molar-refractivity contribution < 1.29 is 9.84 Å². The molecular weight excluding hydrogens is 238 g/mol. The van der Waals surface area contributed by atoms with Gasteiger partial charge in [-0.3, -0.25) is 0 Å². The number of phenolic OH excluding ortho intramolecular Hbond substituents is 1. The summed E-state index contributed by atoms with van der Waals surface area (Å²) in [6.45, 7) is 8.54. The van der Waals surface area contributed by atoms with E-state index in [1.165, 1.54) is 0 Å². The highest BCUT2D eigenvalue weighted by Gasteiger charge is 2.48. The highest BCUT2D eigenvalue weighted by atomic mass is 16.5. The molecule has 2 rings (SSSR count). The molecule has 0 aliphatic heterocycles. The molecule has 3 heteroatoms. The van der Waals surface area contributed by atoms with E-state index in [1.807, 2.05) is 25.1 Å². The summed E-state index contributed by atoms with van der Waals surface area (Å²) in [6.07, 6.45) is 1.35. The van der Waals surface area contributed by atoms with E-state index in [4.69, 9.17) is 4.74 Å². The molecular formula is C16H25NO2. The Kier molecular flexibility index (Phi) is 3.88. The second-order valence-corrected chi connectivity index (χ2v) is 6.28. The number of nitrogens with one attached hydrogen (secondary N) is 1. The number of ether oxygens (including phenoxy) is 1. The number of rotatable bonds is 4. The van der Waals surface area contributed by atoms with Gasteiger partial charge in [0.15, 0.2) is 0 Å². The Morgan fingerprint density at radius 1 is 1.42 bits per heavy atom. The van der Waals surface area contributed by atoms with Crippen molar-refractivity contribution in [1.29, 1.82) is 0 Å². The Hall–Kier alpha value is -1.06. The summed E-state index contributed by atoms with van der Waals surface area (Å²) in [7, 11) is 1.78. The van der Waals surface area contributed by atoms with E-state index < -0.39 is 0 Å². The molecule has 1 fully saturated rings. The minimum absolute atomic E-state index is 0.141. The zero-order chi connectivity index (χ0) is 14.2. The minimum atomic E-state index is 0.141. The van der Waals surface area contributed by atoms with Crippen LogP contribution in [0, 0.1) is 12.3 Å². The van der Waals surface area contributed by atoms with E-state index in [0.717, 1.165) is 17.5 Å². The summed E-state index contributed by atoms with van der Waals surface area (Å²) in [5.41, 5.74) is 2.18. The van der Waals surface area contributed by atoms with Crippen molar-refractivity contribution >= 4 is 0 Å². The van der Waals surface area contributed by atoms with Crippen LogP contribution in [0.3, 0.4) is 0 Å². The molecule has 3 atom stereocenters. The molecule has 0 bridgehead atoms. The number of hydrogen-bond donors (Lipinski definition) is 2. The van der Waals surface area contributed by atoms with Gasteiger partial charge in [-0.05, 0) is 31.9 Å². The Balaban J connectivity index is 2.04. The van der Waals surface area contributed by atoms with Crippen LogP contribution >= 0.6 is 0 Å². The second kappa shape index (κ2) is 5.14. The summed E-state index contributed by atoms with van der Waals surface area (Å²) in [6, 6.07) is 6.42. The first-order chi connectivity index (χ1) is 8.86. The molecule has 1 aliphatic carbocycles. The van der Waals surface area contributed by atoms with E-state index >= 15 is 0 Å². The largest absolute Gasteiger partial charge is 0.508 e. The SMILES string of the molecule is COC1CC(NC(C)c2ccc(C)cc2O)C1(C)C. The van der Waals surface area contributed by atoms with Gasteiger partial charge in [0.1, 0.15) is 5.75 Å². The Bertz CT molecular complexity index is 456. The lowest BCUT2D eigenvalue weighted by atomic mass is 9.64. The highest BCUT2D eigenvalue weighted by molar-refractivity contribution is 5.38. The van der Waals surface area contributed by atoms with Gasteiger partial charge in [-0.2, -0.15) is 0 Å². The fourth-order valence-corrected chi connectivity index (χ4v) is 2.98. The third kappa shape index (κ3) is 2.63. The molecule has 0 spiro atoms. The molecule has 3 unspecified atom stereocenters. The quantitative estimate of drug-likeness (QED) is 0.876. The molecule has 19 heavy (non-hydrogen) atoms. The summed E-state index contributed by atoms with van der Waals surface area (Å²) in [5.74, 6) is 0.375. The van der Waals surface area contributed by atoms with E-state index in [-0.39, 0.29) is 11.5 Å². The van der Waals surface area contributed by atoms with Crippen LogP contribution < -0.4 is 5.32 Å². The third-order valence-electron chi connectivity index (χ3n) is 4.57. The van der Waals surface area contributed by atoms with Gasteiger partial charge in [-0.25, -0.2) is 0 Å². The first kappa shape index (κ1) is 14.4. The van der Waals surface area contributed by atoms with E-state index in [0.29, 0.717) is 17.9 Å². The smallest absolute Gasteiger partial charge is 0.120 e. The standard InChI is InChI=1S/C16H25NO2/c1-10-6-7-12(13(18)8-10)11(2)17-14-9-15(19-5)16(14,3)4/h6-8,11,14-15,17-18H,9H2,1-5H3. The Labute approximate surface area is 116 Å². The van der Waals surface area contributed by atoms with Crippen molar-refractivity contribution in [3.05, 3.63) is 29.3 Å². The lowest BCUT2D eigenvalue weighted by Gasteiger charge is -2.52. The highest BCUT2D eigenvalue weighted by Crippen LogP contribution is 2.43. The average molecular weight is 263 g/mol. The van der Waals surface area contributed by atoms with Gasteiger partial charge in [0, 0.05) is 30.2 Å². The predicted octanol–water partition coefficient (Wildman–Crippen LogP) is 3.16. The molecule has 0 radical (unpaired) electrons. The van der Waals surface area contributed by atoms with Crippen LogP contribution in [0.5, 0.6) is 5.75 Å². The molecule has 0 amide bonds. The number of hydrogen-bond acceptors (Lipinski definition) is 3. The number of aromatic hydroxyl groups is 1. The molecule has 106 valence electrons. The number of aryl methyl sites for hydroxylation is 1. The second-order valence-electron chi connectivity index (χ2n) is 6.28. The van der Waals surface area contributed by atoms with Crippen LogP contribution in [0.1, 0.15) is 44.4 Å². The third-order valence-corrected chi connectivity index (χ3v) is 4.57. The first-order valence-electron chi connectivity index (χ1n) is 6.94. The van der Waals surface area contributed by atoms with Crippen LogP contribution in [0.25, 0.3) is 0 Å². The number of phenols is 1. The van der Waals surface area contributed by atoms with Crippen molar-refractivity contribution in [3.63, 3.8) is 0 Å². The monoisotopic (exact) mass is 263 g/mol.